The van der Waals surface area contributed by atoms with Gasteiger partial charge in [-0.2, -0.15) is 13.2 Å². The van der Waals surface area contributed by atoms with Crippen LogP contribution in [0.1, 0.15) is 5.56 Å². The predicted molar refractivity (Wildman–Crippen MR) is 54.5 cm³/mol. The van der Waals surface area contributed by atoms with E-state index < -0.39 is 28.8 Å². The highest BCUT2D eigenvalue weighted by Gasteiger charge is 2.39. The Hall–Kier alpha value is -0.880. The van der Waals surface area contributed by atoms with E-state index in [0.29, 0.717) is 0 Å². The van der Waals surface area contributed by atoms with Crippen LogP contribution in [0.25, 0.3) is 0 Å². The molecule has 0 bridgehead atoms. The molecule has 0 amide bonds. The van der Waals surface area contributed by atoms with Gasteiger partial charge in [0.1, 0.15) is 0 Å². The van der Waals surface area contributed by atoms with Crippen molar-refractivity contribution in [2.75, 3.05) is 5.75 Å². The lowest BCUT2D eigenvalue weighted by Crippen LogP contribution is -2.33. The molecule has 0 aliphatic heterocycles. The van der Waals surface area contributed by atoms with E-state index in [1.807, 2.05) is 6.92 Å². The number of aliphatic hydroxyl groups is 1. The highest BCUT2D eigenvalue weighted by Crippen LogP contribution is 2.22. The number of alkyl halides is 3. The average Bonchev–Trinajstić information content (AvgIpc) is 2.17. The fourth-order valence-electron chi connectivity index (χ4n) is 1.02. The first-order valence-electron chi connectivity index (χ1n) is 4.50. The Morgan fingerprint density at radius 2 is 1.81 bits per heavy atom. The third-order valence-corrected chi connectivity index (χ3v) is 3.39. The van der Waals surface area contributed by atoms with Crippen molar-refractivity contribution in [3.8, 4) is 0 Å². The van der Waals surface area contributed by atoms with Crippen LogP contribution in [0.15, 0.2) is 29.2 Å². The Morgan fingerprint density at radius 1 is 1.31 bits per heavy atom. The molecule has 1 unspecified atom stereocenters. The summed E-state index contributed by atoms with van der Waals surface area (Å²) in [7, 11) is -1.84. The number of aryl methyl sites for hydroxylation is 1. The van der Waals surface area contributed by atoms with Crippen molar-refractivity contribution in [3.05, 3.63) is 29.8 Å². The van der Waals surface area contributed by atoms with E-state index in [1.165, 1.54) is 12.1 Å². The van der Waals surface area contributed by atoms with E-state index in [2.05, 4.69) is 0 Å². The Balaban J connectivity index is 2.70. The highest BCUT2D eigenvalue weighted by molar-refractivity contribution is 7.85. The third kappa shape index (κ3) is 3.61. The van der Waals surface area contributed by atoms with Crippen molar-refractivity contribution < 1.29 is 22.5 Å². The molecule has 0 radical (unpaired) electrons. The lowest BCUT2D eigenvalue weighted by atomic mass is 10.2. The molecule has 0 spiro atoms. The van der Waals surface area contributed by atoms with E-state index >= 15 is 0 Å². The molecule has 1 aromatic carbocycles. The maximum atomic E-state index is 12.0. The standard InChI is InChI=1S/C10H11F3O2S/c1-7-2-4-8(5-3-7)16(15)6-9(14)10(11,12)13/h2-5,9,14H,6H2,1H3/t9-,16?/m1/s1. The molecule has 0 saturated carbocycles. The Bertz CT molecular complexity index is 373. The molecule has 0 saturated heterocycles. The molecule has 0 aliphatic carbocycles. The van der Waals surface area contributed by atoms with Crippen LogP contribution in [0.2, 0.25) is 0 Å². The third-order valence-electron chi connectivity index (χ3n) is 1.97. The van der Waals surface area contributed by atoms with Crippen LogP contribution in [-0.2, 0) is 10.8 Å². The van der Waals surface area contributed by atoms with Crippen molar-refractivity contribution in [2.45, 2.75) is 24.1 Å². The van der Waals surface area contributed by atoms with Gasteiger partial charge in [-0.25, -0.2) is 0 Å². The minimum Gasteiger partial charge on any atom is -0.383 e. The van der Waals surface area contributed by atoms with Crippen LogP contribution in [-0.4, -0.2) is 27.3 Å². The minimum atomic E-state index is -4.72. The molecule has 0 aromatic heterocycles. The van der Waals surface area contributed by atoms with Crippen molar-refractivity contribution in [1.82, 2.24) is 0 Å². The zero-order valence-corrected chi connectivity index (χ0v) is 9.31. The van der Waals surface area contributed by atoms with Gasteiger partial charge in [0, 0.05) is 4.90 Å². The Labute approximate surface area is 93.6 Å². The molecular formula is C10H11F3O2S. The largest absolute Gasteiger partial charge is 0.415 e. The summed E-state index contributed by atoms with van der Waals surface area (Å²) in [6.45, 7) is 1.82. The van der Waals surface area contributed by atoms with Crippen LogP contribution in [0, 0.1) is 6.92 Å². The van der Waals surface area contributed by atoms with Gasteiger partial charge in [-0.15, -0.1) is 0 Å². The van der Waals surface area contributed by atoms with Gasteiger partial charge in [-0.05, 0) is 19.1 Å². The highest BCUT2D eigenvalue weighted by atomic mass is 32.2. The first-order valence-corrected chi connectivity index (χ1v) is 5.82. The second kappa shape index (κ2) is 4.97. The van der Waals surface area contributed by atoms with Gasteiger partial charge in [0.2, 0.25) is 0 Å². The molecular weight excluding hydrogens is 241 g/mol. The van der Waals surface area contributed by atoms with Crippen LogP contribution >= 0.6 is 0 Å². The van der Waals surface area contributed by atoms with Crippen molar-refractivity contribution in [3.63, 3.8) is 0 Å². The quantitative estimate of drug-likeness (QED) is 0.893. The Kier molecular flexibility index (Phi) is 4.09. The monoisotopic (exact) mass is 252 g/mol. The first kappa shape index (κ1) is 13.2. The summed E-state index contributed by atoms with van der Waals surface area (Å²) in [5.74, 6) is -0.827. The first-order chi connectivity index (χ1) is 7.30. The number of aliphatic hydroxyl groups excluding tert-OH is 1. The van der Waals surface area contributed by atoms with Gasteiger partial charge in [-0.3, -0.25) is 4.21 Å². The second-order valence-electron chi connectivity index (χ2n) is 3.38. The lowest BCUT2D eigenvalue weighted by Gasteiger charge is -2.13. The predicted octanol–water partition coefficient (Wildman–Crippen LogP) is 2.03. The SMILES string of the molecule is Cc1ccc(S(=O)C[C@@H](O)C(F)(F)F)cc1. The molecule has 0 fully saturated rings. The number of hydrogen-bond acceptors (Lipinski definition) is 2. The minimum absolute atomic E-state index is 0.286. The van der Waals surface area contributed by atoms with Gasteiger partial charge in [0.15, 0.2) is 6.10 Å². The molecule has 1 N–H and O–H groups in total. The normalized spacial score (nSPS) is 15.8. The maximum absolute atomic E-state index is 12.0. The zero-order chi connectivity index (χ0) is 12.3. The van der Waals surface area contributed by atoms with Gasteiger partial charge >= 0.3 is 6.18 Å². The van der Waals surface area contributed by atoms with Gasteiger partial charge < -0.3 is 5.11 Å². The summed E-state index contributed by atoms with van der Waals surface area (Å²) in [6.07, 6.45) is -7.27. The fourth-order valence-corrected chi connectivity index (χ4v) is 2.13. The van der Waals surface area contributed by atoms with Gasteiger partial charge in [0.05, 0.1) is 16.6 Å². The maximum Gasteiger partial charge on any atom is 0.415 e. The van der Waals surface area contributed by atoms with Gasteiger partial charge in [-0.1, -0.05) is 17.7 Å². The van der Waals surface area contributed by atoms with Crippen molar-refractivity contribution >= 4 is 10.8 Å². The average molecular weight is 252 g/mol. The summed E-state index contributed by atoms with van der Waals surface area (Å²) in [6, 6.07) is 6.31. The molecule has 16 heavy (non-hydrogen) atoms. The fraction of sp³-hybridized carbons (Fsp3) is 0.400. The molecule has 0 heterocycles. The zero-order valence-electron chi connectivity index (χ0n) is 8.49. The van der Waals surface area contributed by atoms with Gasteiger partial charge in [0.25, 0.3) is 0 Å². The van der Waals surface area contributed by atoms with Crippen molar-refractivity contribution in [1.29, 1.82) is 0 Å². The molecule has 2 atom stereocenters. The number of hydrogen-bond donors (Lipinski definition) is 1. The van der Waals surface area contributed by atoms with Crippen LogP contribution in [0.4, 0.5) is 13.2 Å². The summed E-state index contributed by atoms with van der Waals surface area (Å²) in [5, 5.41) is 8.75. The summed E-state index contributed by atoms with van der Waals surface area (Å²) in [4.78, 5) is 0.286. The second-order valence-corrected chi connectivity index (χ2v) is 4.88. The number of rotatable bonds is 3. The molecule has 6 heteroatoms. The Morgan fingerprint density at radius 3 is 2.25 bits per heavy atom. The summed E-state index contributed by atoms with van der Waals surface area (Å²) >= 11 is 0. The summed E-state index contributed by atoms with van der Waals surface area (Å²) in [5.41, 5.74) is 0.928. The van der Waals surface area contributed by atoms with E-state index in [-0.39, 0.29) is 4.90 Å². The summed E-state index contributed by atoms with van der Waals surface area (Å²) < 4.78 is 47.5. The van der Waals surface area contributed by atoms with E-state index in [9.17, 15) is 17.4 Å². The topological polar surface area (TPSA) is 37.3 Å². The molecule has 90 valence electrons. The van der Waals surface area contributed by atoms with Crippen molar-refractivity contribution in [2.24, 2.45) is 0 Å². The lowest BCUT2D eigenvalue weighted by molar-refractivity contribution is -0.196. The van der Waals surface area contributed by atoms with E-state index in [1.54, 1.807) is 12.1 Å². The van der Waals surface area contributed by atoms with Crippen LogP contribution in [0.3, 0.4) is 0 Å². The smallest absolute Gasteiger partial charge is 0.383 e. The molecule has 0 aliphatic rings. The van der Waals surface area contributed by atoms with E-state index in [4.69, 9.17) is 5.11 Å². The van der Waals surface area contributed by atoms with E-state index in [0.717, 1.165) is 5.56 Å². The van der Waals surface area contributed by atoms with Crippen LogP contribution in [0.5, 0.6) is 0 Å². The molecule has 1 rings (SSSR count). The number of halogens is 3. The number of benzene rings is 1. The molecule has 1 aromatic rings. The van der Waals surface area contributed by atoms with Crippen LogP contribution < -0.4 is 0 Å². The molecule has 2 nitrogen and oxygen atoms in total.